The first-order chi connectivity index (χ1) is 8.35. The van der Waals surface area contributed by atoms with Crippen molar-refractivity contribution in [1.82, 2.24) is 0 Å². The van der Waals surface area contributed by atoms with Crippen molar-refractivity contribution in [1.29, 1.82) is 0 Å². The number of rotatable bonds is 6. The smallest absolute Gasteiger partial charge is 0.320 e. The molecule has 0 bridgehead atoms. The van der Waals surface area contributed by atoms with Crippen LogP contribution in [0.5, 0.6) is 0 Å². The van der Waals surface area contributed by atoms with Gasteiger partial charge in [0.15, 0.2) is 0 Å². The highest BCUT2D eigenvalue weighted by molar-refractivity contribution is 9.09. The lowest BCUT2D eigenvalue weighted by atomic mass is 9.99. The molecule has 0 spiro atoms. The van der Waals surface area contributed by atoms with Crippen molar-refractivity contribution >= 4 is 15.9 Å². The van der Waals surface area contributed by atoms with Gasteiger partial charge in [0.2, 0.25) is 0 Å². The quantitative estimate of drug-likeness (QED) is 0.699. The monoisotopic (exact) mass is 320 g/mol. The SMILES string of the molecule is Cc1cc(CCOC(F)(F)CCBr)cc(C)c1C. The lowest BCUT2D eigenvalue weighted by Gasteiger charge is -2.16. The molecule has 4 heteroatoms. The number of ether oxygens (including phenoxy) is 1. The van der Waals surface area contributed by atoms with Crippen molar-refractivity contribution in [3.8, 4) is 0 Å². The van der Waals surface area contributed by atoms with Crippen molar-refractivity contribution in [2.45, 2.75) is 39.7 Å². The fraction of sp³-hybridized carbons (Fsp3) is 0.571. The molecule has 0 aliphatic heterocycles. The van der Waals surface area contributed by atoms with E-state index in [1.54, 1.807) is 0 Å². The normalized spacial score (nSPS) is 11.9. The van der Waals surface area contributed by atoms with Gasteiger partial charge in [0.25, 0.3) is 0 Å². The van der Waals surface area contributed by atoms with Crippen molar-refractivity contribution in [3.63, 3.8) is 0 Å². The Kier molecular flexibility index (Phi) is 5.73. The van der Waals surface area contributed by atoms with Crippen LogP contribution in [-0.2, 0) is 11.2 Å². The minimum absolute atomic E-state index is 0.0436. The number of hydrogen-bond acceptors (Lipinski definition) is 1. The number of aryl methyl sites for hydroxylation is 2. The highest BCUT2D eigenvalue weighted by Gasteiger charge is 2.28. The fourth-order valence-electron chi connectivity index (χ4n) is 1.77. The predicted molar refractivity (Wildman–Crippen MR) is 73.7 cm³/mol. The molecule has 0 unspecified atom stereocenters. The second-order valence-corrected chi connectivity index (χ2v) is 5.32. The van der Waals surface area contributed by atoms with Crippen LogP contribution in [-0.4, -0.2) is 18.0 Å². The molecule has 1 aromatic carbocycles. The molecule has 0 heterocycles. The topological polar surface area (TPSA) is 9.23 Å². The summed E-state index contributed by atoms with van der Waals surface area (Å²) >= 11 is 2.99. The van der Waals surface area contributed by atoms with E-state index < -0.39 is 6.11 Å². The molecule has 0 aromatic heterocycles. The zero-order chi connectivity index (χ0) is 13.8. The van der Waals surface area contributed by atoms with Crippen molar-refractivity contribution in [2.24, 2.45) is 0 Å². The third-order valence-corrected chi connectivity index (χ3v) is 3.47. The summed E-state index contributed by atoms with van der Waals surface area (Å²) in [7, 11) is 0. The first-order valence-corrected chi connectivity index (χ1v) is 7.12. The molecule has 1 rings (SSSR count). The molecule has 0 saturated carbocycles. The molecular formula is C14H19BrF2O. The van der Waals surface area contributed by atoms with E-state index in [0.29, 0.717) is 6.42 Å². The van der Waals surface area contributed by atoms with Crippen molar-refractivity contribution in [2.75, 3.05) is 11.9 Å². The molecule has 0 saturated heterocycles. The maximum absolute atomic E-state index is 13.1. The second kappa shape index (κ2) is 6.62. The van der Waals surface area contributed by atoms with Gasteiger partial charge in [0.1, 0.15) is 0 Å². The Morgan fingerprint density at radius 1 is 1.17 bits per heavy atom. The zero-order valence-electron chi connectivity index (χ0n) is 11.0. The van der Waals surface area contributed by atoms with E-state index in [1.807, 2.05) is 26.0 Å². The largest absolute Gasteiger partial charge is 0.356 e. The van der Waals surface area contributed by atoms with Gasteiger partial charge in [-0.15, -0.1) is 0 Å². The summed E-state index contributed by atoms with van der Waals surface area (Å²) in [6.45, 7) is 6.18. The summed E-state index contributed by atoms with van der Waals surface area (Å²) in [5.41, 5.74) is 4.68. The first kappa shape index (κ1) is 15.6. The fourth-order valence-corrected chi connectivity index (χ4v) is 2.23. The second-order valence-electron chi connectivity index (χ2n) is 4.53. The first-order valence-electron chi connectivity index (χ1n) is 6.00. The number of benzene rings is 1. The van der Waals surface area contributed by atoms with Crippen molar-refractivity contribution < 1.29 is 13.5 Å². The van der Waals surface area contributed by atoms with Crippen LogP contribution in [0.4, 0.5) is 8.78 Å². The van der Waals surface area contributed by atoms with Gasteiger partial charge in [0.05, 0.1) is 6.61 Å². The third kappa shape index (κ3) is 4.65. The molecule has 0 amide bonds. The number of hydrogen-bond donors (Lipinski definition) is 0. The Morgan fingerprint density at radius 3 is 2.22 bits per heavy atom. The molecule has 0 atom stereocenters. The minimum Gasteiger partial charge on any atom is -0.320 e. The maximum atomic E-state index is 13.1. The van der Waals surface area contributed by atoms with Crippen molar-refractivity contribution in [3.05, 3.63) is 34.4 Å². The minimum atomic E-state index is -3.03. The average Bonchev–Trinajstić information content (AvgIpc) is 2.25. The van der Waals surface area contributed by atoms with E-state index in [4.69, 9.17) is 0 Å². The van der Waals surface area contributed by atoms with Crippen LogP contribution in [0.25, 0.3) is 0 Å². The summed E-state index contributed by atoms with van der Waals surface area (Å²) < 4.78 is 30.8. The summed E-state index contributed by atoms with van der Waals surface area (Å²) in [5.74, 6) is 0. The molecule has 0 fully saturated rings. The van der Waals surface area contributed by atoms with Crippen LogP contribution in [0.3, 0.4) is 0 Å². The Morgan fingerprint density at radius 2 is 1.72 bits per heavy atom. The van der Waals surface area contributed by atoms with Crippen LogP contribution in [0.1, 0.15) is 28.7 Å². The zero-order valence-corrected chi connectivity index (χ0v) is 12.6. The van der Waals surface area contributed by atoms with Crippen LogP contribution in [0, 0.1) is 20.8 Å². The highest BCUT2D eigenvalue weighted by Crippen LogP contribution is 2.22. The molecular weight excluding hydrogens is 302 g/mol. The Labute approximate surface area is 116 Å². The highest BCUT2D eigenvalue weighted by atomic mass is 79.9. The van der Waals surface area contributed by atoms with Gasteiger partial charge in [-0.25, -0.2) is 0 Å². The lowest BCUT2D eigenvalue weighted by Crippen LogP contribution is -2.22. The van der Waals surface area contributed by atoms with Gasteiger partial charge < -0.3 is 4.74 Å². The third-order valence-electron chi connectivity index (χ3n) is 3.08. The van der Waals surface area contributed by atoms with E-state index >= 15 is 0 Å². The van der Waals surface area contributed by atoms with Crippen LogP contribution in [0.15, 0.2) is 12.1 Å². The molecule has 0 aliphatic rings. The summed E-state index contributed by atoms with van der Waals surface area (Å²) in [6.07, 6.45) is -2.81. The Bertz CT molecular complexity index is 382. The molecule has 0 radical (unpaired) electrons. The average molecular weight is 321 g/mol. The molecule has 0 aliphatic carbocycles. The maximum Gasteiger partial charge on any atom is 0.356 e. The Hall–Kier alpha value is -0.480. The number of alkyl halides is 3. The standard InChI is InChI=1S/C14H19BrF2O/c1-10-8-13(9-11(2)12(10)3)4-7-18-14(16,17)5-6-15/h8-9H,4-7H2,1-3H3. The van der Waals surface area contributed by atoms with Gasteiger partial charge in [0, 0.05) is 11.8 Å². The molecule has 102 valence electrons. The van der Waals surface area contributed by atoms with Gasteiger partial charge in [-0.3, -0.25) is 0 Å². The Balaban J connectivity index is 2.54. The van der Waals surface area contributed by atoms with E-state index in [9.17, 15) is 8.78 Å². The van der Waals surface area contributed by atoms with Gasteiger partial charge in [-0.1, -0.05) is 28.1 Å². The van der Waals surface area contributed by atoms with Gasteiger partial charge in [-0.05, 0) is 49.4 Å². The lowest BCUT2D eigenvalue weighted by molar-refractivity contribution is -0.237. The molecule has 0 N–H and O–H groups in total. The van der Waals surface area contributed by atoms with E-state index in [2.05, 4.69) is 27.6 Å². The van der Waals surface area contributed by atoms with Crippen LogP contribution in [0.2, 0.25) is 0 Å². The van der Waals surface area contributed by atoms with E-state index in [-0.39, 0.29) is 18.4 Å². The van der Waals surface area contributed by atoms with E-state index in [0.717, 1.165) is 5.56 Å². The van der Waals surface area contributed by atoms with Gasteiger partial charge >= 0.3 is 6.11 Å². The van der Waals surface area contributed by atoms with Gasteiger partial charge in [-0.2, -0.15) is 8.78 Å². The predicted octanol–water partition coefficient (Wildman–Crippen LogP) is 4.55. The molecule has 18 heavy (non-hydrogen) atoms. The summed E-state index contributed by atoms with van der Waals surface area (Å²) in [4.78, 5) is 0. The van der Waals surface area contributed by atoms with Crippen LogP contribution < -0.4 is 0 Å². The van der Waals surface area contributed by atoms with E-state index in [1.165, 1.54) is 16.7 Å². The number of halogens is 3. The molecule has 1 nitrogen and oxygen atoms in total. The summed E-state index contributed by atoms with van der Waals surface area (Å²) in [6, 6.07) is 4.07. The molecule has 1 aromatic rings. The van der Waals surface area contributed by atoms with Crippen LogP contribution >= 0.6 is 15.9 Å². The summed E-state index contributed by atoms with van der Waals surface area (Å²) in [5, 5.41) is 0.239.